The van der Waals surface area contributed by atoms with Crippen LogP contribution in [0.3, 0.4) is 0 Å². The molecular formula is C23H16N2OS. The highest BCUT2D eigenvalue weighted by molar-refractivity contribution is 7.15. The lowest BCUT2D eigenvalue weighted by Gasteiger charge is -2.04. The second-order valence-corrected chi connectivity index (χ2v) is 7.47. The Morgan fingerprint density at radius 3 is 2.44 bits per heavy atom. The predicted molar refractivity (Wildman–Crippen MR) is 112 cm³/mol. The molecule has 5 rings (SSSR count). The average molecular weight is 368 g/mol. The normalized spacial score (nSPS) is 11.3. The third-order valence-corrected chi connectivity index (χ3v) is 5.71. The van der Waals surface area contributed by atoms with E-state index in [-0.39, 0.29) is 0 Å². The van der Waals surface area contributed by atoms with Crippen LogP contribution in [0.1, 0.15) is 16.1 Å². The Labute approximate surface area is 160 Å². The topological polar surface area (TPSA) is 34.4 Å². The minimum Gasteiger partial charge on any atom is -0.296 e. The minimum absolute atomic E-state index is 0.595. The molecule has 2 heterocycles. The van der Waals surface area contributed by atoms with E-state index in [1.54, 1.807) is 11.3 Å². The fourth-order valence-corrected chi connectivity index (χ4v) is 4.37. The van der Waals surface area contributed by atoms with Crippen LogP contribution in [0.25, 0.3) is 38.2 Å². The molecule has 0 atom stereocenters. The van der Waals surface area contributed by atoms with Crippen LogP contribution in [-0.2, 0) is 0 Å². The second kappa shape index (κ2) is 6.18. The maximum absolute atomic E-state index is 12.0. The lowest BCUT2D eigenvalue weighted by atomic mass is 10.0. The van der Waals surface area contributed by atoms with Gasteiger partial charge in [-0.2, -0.15) is 0 Å². The first-order valence-corrected chi connectivity index (χ1v) is 9.64. The Bertz CT molecular complexity index is 1300. The molecule has 27 heavy (non-hydrogen) atoms. The number of thiazole rings is 1. The molecule has 0 aliphatic carbocycles. The van der Waals surface area contributed by atoms with Crippen LogP contribution >= 0.6 is 11.3 Å². The van der Waals surface area contributed by atoms with E-state index >= 15 is 0 Å². The second-order valence-electron chi connectivity index (χ2n) is 6.63. The van der Waals surface area contributed by atoms with Crippen molar-refractivity contribution < 1.29 is 4.79 Å². The van der Waals surface area contributed by atoms with Crippen molar-refractivity contribution in [2.24, 2.45) is 0 Å². The van der Waals surface area contributed by atoms with Crippen molar-refractivity contribution in [1.82, 2.24) is 9.38 Å². The van der Waals surface area contributed by atoms with E-state index in [9.17, 15) is 4.79 Å². The van der Waals surface area contributed by atoms with Gasteiger partial charge in [0.15, 0.2) is 11.2 Å². The molecule has 0 radical (unpaired) electrons. The molecule has 130 valence electrons. The Morgan fingerprint density at radius 1 is 0.926 bits per heavy atom. The summed E-state index contributed by atoms with van der Waals surface area (Å²) in [5, 5.41) is 4.38. The van der Waals surface area contributed by atoms with Crippen molar-refractivity contribution in [1.29, 1.82) is 0 Å². The van der Waals surface area contributed by atoms with Crippen LogP contribution in [-0.4, -0.2) is 15.7 Å². The fourth-order valence-electron chi connectivity index (χ4n) is 3.46. The summed E-state index contributed by atoms with van der Waals surface area (Å²) >= 11 is 1.55. The molecule has 0 fully saturated rings. The maximum atomic E-state index is 12.0. The zero-order valence-electron chi connectivity index (χ0n) is 14.7. The molecule has 0 amide bonds. The van der Waals surface area contributed by atoms with Gasteiger partial charge in [0.25, 0.3) is 0 Å². The van der Waals surface area contributed by atoms with Crippen LogP contribution in [0.15, 0.2) is 72.1 Å². The summed E-state index contributed by atoms with van der Waals surface area (Å²) in [7, 11) is 0. The van der Waals surface area contributed by atoms with Gasteiger partial charge in [0.05, 0.1) is 5.69 Å². The molecule has 0 unspecified atom stereocenters. The molecule has 0 spiro atoms. The average Bonchev–Trinajstić information content (AvgIpc) is 3.27. The zero-order chi connectivity index (χ0) is 18.4. The van der Waals surface area contributed by atoms with Gasteiger partial charge in [-0.15, -0.1) is 11.3 Å². The number of fused-ring (bicyclic) bond motifs is 2. The number of carbonyl (C=O) groups excluding carboxylic acids is 1. The van der Waals surface area contributed by atoms with Crippen molar-refractivity contribution in [3.8, 4) is 22.5 Å². The van der Waals surface area contributed by atoms with Crippen molar-refractivity contribution in [2.45, 2.75) is 6.92 Å². The Morgan fingerprint density at radius 2 is 1.67 bits per heavy atom. The SMILES string of the molecule is Cc1ccc(-c2csc3nc(-c4ccc5ccccc5c4)c(C=O)n23)cc1. The number of aryl methyl sites for hydroxylation is 1. The van der Waals surface area contributed by atoms with Crippen LogP contribution in [0.4, 0.5) is 0 Å². The Balaban J connectivity index is 1.73. The van der Waals surface area contributed by atoms with E-state index in [1.165, 1.54) is 10.9 Å². The molecule has 3 aromatic carbocycles. The van der Waals surface area contributed by atoms with Gasteiger partial charge in [0, 0.05) is 10.9 Å². The van der Waals surface area contributed by atoms with Gasteiger partial charge < -0.3 is 0 Å². The van der Waals surface area contributed by atoms with Crippen molar-refractivity contribution >= 4 is 33.4 Å². The predicted octanol–water partition coefficient (Wildman–Crippen LogP) is 6.00. The minimum atomic E-state index is 0.595. The van der Waals surface area contributed by atoms with Crippen molar-refractivity contribution in [3.05, 3.63) is 83.4 Å². The number of aldehydes is 1. The van der Waals surface area contributed by atoms with Crippen LogP contribution in [0, 0.1) is 6.92 Å². The van der Waals surface area contributed by atoms with Gasteiger partial charge in [-0.05, 0) is 29.3 Å². The number of aromatic nitrogens is 2. The van der Waals surface area contributed by atoms with Crippen LogP contribution in [0.5, 0.6) is 0 Å². The highest BCUT2D eigenvalue weighted by Gasteiger charge is 2.18. The molecule has 4 heteroatoms. The fraction of sp³-hybridized carbons (Fsp3) is 0.0435. The first-order chi connectivity index (χ1) is 13.2. The van der Waals surface area contributed by atoms with Gasteiger partial charge >= 0.3 is 0 Å². The molecule has 0 saturated carbocycles. The van der Waals surface area contributed by atoms with Gasteiger partial charge in [-0.3, -0.25) is 9.20 Å². The number of nitrogens with zero attached hydrogens (tertiary/aromatic N) is 2. The zero-order valence-corrected chi connectivity index (χ0v) is 15.5. The smallest absolute Gasteiger partial charge is 0.195 e. The summed E-state index contributed by atoms with van der Waals surface area (Å²) in [6.07, 6.45) is 0.912. The molecule has 3 nitrogen and oxygen atoms in total. The summed E-state index contributed by atoms with van der Waals surface area (Å²) in [6.45, 7) is 2.07. The summed E-state index contributed by atoms with van der Waals surface area (Å²) < 4.78 is 1.97. The number of hydrogen-bond acceptors (Lipinski definition) is 3. The van der Waals surface area contributed by atoms with E-state index < -0.39 is 0 Å². The van der Waals surface area contributed by atoms with Gasteiger partial charge in [-0.1, -0.05) is 66.2 Å². The van der Waals surface area contributed by atoms with E-state index in [1.807, 2.05) is 22.6 Å². The third kappa shape index (κ3) is 2.57. The van der Waals surface area contributed by atoms with E-state index in [0.29, 0.717) is 5.69 Å². The molecular weight excluding hydrogens is 352 g/mol. The van der Waals surface area contributed by atoms with Crippen LogP contribution in [0.2, 0.25) is 0 Å². The summed E-state index contributed by atoms with van der Waals surface area (Å²) in [5.74, 6) is 0. The molecule has 0 aliphatic rings. The molecule has 0 bridgehead atoms. The highest BCUT2D eigenvalue weighted by atomic mass is 32.1. The molecule has 5 aromatic rings. The largest absolute Gasteiger partial charge is 0.296 e. The van der Waals surface area contributed by atoms with Crippen molar-refractivity contribution in [2.75, 3.05) is 0 Å². The monoisotopic (exact) mass is 368 g/mol. The number of imidazole rings is 1. The van der Waals surface area contributed by atoms with Crippen LogP contribution < -0.4 is 0 Å². The number of benzene rings is 3. The Hall–Kier alpha value is -3.24. The van der Waals surface area contributed by atoms with Crippen molar-refractivity contribution in [3.63, 3.8) is 0 Å². The number of hydrogen-bond donors (Lipinski definition) is 0. The Kier molecular flexibility index (Phi) is 3.66. The third-order valence-electron chi connectivity index (χ3n) is 4.88. The molecule has 0 saturated heterocycles. The van der Waals surface area contributed by atoms with E-state index in [0.717, 1.165) is 39.1 Å². The molecule has 0 aliphatic heterocycles. The van der Waals surface area contributed by atoms with Gasteiger partial charge in [0.1, 0.15) is 11.4 Å². The van der Waals surface area contributed by atoms with Gasteiger partial charge in [-0.25, -0.2) is 4.98 Å². The number of carbonyl (C=O) groups is 1. The lowest BCUT2D eigenvalue weighted by molar-refractivity contribution is 0.111. The summed E-state index contributed by atoms with van der Waals surface area (Å²) in [4.78, 5) is 17.6. The summed E-state index contributed by atoms with van der Waals surface area (Å²) in [5.41, 5.74) is 5.58. The van der Waals surface area contributed by atoms with E-state index in [4.69, 9.17) is 4.98 Å². The quantitative estimate of drug-likeness (QED) is 0.366. The molecule has 0 N–H and O–H groups in total. The summed E-state index contributed by atoms with van der Waals surface area (Å²) in [6, 6.07) is 22.8. The highest BCUT2D eigenvalue weighted by Crippen LogP contribution is 2.33. The number of rotatable bonds is 3. The first-order valence-electron chi connectivity index (χ1n) is 8.76. The van der Waals surface area contributed by atoms with E-state index in [2.05, 4.69) is 60.8 Å². The maximum Gasteiger partial charge on any atom is 0.195 e. The lowest BCUT2D eigenvalue weighted by Crippen LogP contribution is -1.94. The standard InChI is InChI=1S/C23H16N2OS/c1-15-6-8-17(9-7-15)21-14-27-23-24-22(20(13-26)25(21)23)19-11-10-16-4-2-3-5-18(16)12-19/h2-14H,1H3. The van der Waals surface area contributed by atoms with Gasteiger partial charge in [0.2, 0.25) is 0 Å². The first kappa shape index (κ1) is 16.0. The molecule has 2 aromatic heterocycles.